The molecular formula is C14H20N2O2S. The highest BCUT2D eigenvalue weighted by atomic mass is 32.2. The van der Waals surface area contributed by atoms with E-state index < -0.39 is 10.0 Å². The van der Waals surface area contributed by atoms with E-state index in [1.807, 2.05) is 26.0 Å². The molecule has 2 fully saturated rings. The Balaban J connectivity index is 1.91. The summed E-state index contributed by atoms with van der Waals surface area (Å²) in [5, 5.41) is 3.33. The first kappa shape index (κ1) is 13.1. The van der Waals surface area contributed by atoms with Crippen molar-refractivity contribution in [3.05, 3.63) is 29.3 Å². The summed E-state index contributed by atoms with van der Waals surface area (Å²) in [6.45, 7) is 7.07. The lowest BCUT2D eigenvalue weighted by Gasteiger charge is -2.19. The van der Waals surface area contributed by atoms with Crippen LogP contribution in [0.5, 0.6) is 0 Å². The number of rotatable bonds is 2. The third-order valence-corrected chi connectivity index (χ3v) is 6.30. The van der Waals surface area contributed by atoms with E-state index in [1.165, 1.54) is 0 Å². The van der Waals surface area contributed by atoms with Crippen molar-refractivity contribution in [1.82, 2.24) is 9.62 Å². The second-order valence-electron chi connectivity index (χ2n) is 5.77. The second-order valence-corrected chi connectivity index (χ2v) is 7.68. The molecular weight excluding hydrogens is 260 g/mol. The van der Waals surface area contributed by atoms with Gasteiger partial charge < -0.3 is 5.32 Å². The fourth-order valence-corrected chi connectivity index (χ4v) is 5.00. The number of hydrogen-bond acceptors (Lipinski definition) is 3. The first-order valence-electron chi connectivity index (χ1n) is 6.76. The molecule has 0 radical (unpaired) electrons. The standard InChI is InChI=1S/C14H20N2O2S/c1-10-3-4-14(11(2)5-10)19(17,18)16-8-12-6-15-7-13(12)9-16/h3-5,12-13,15H,6-9H2,1-2H3/t12-,13+. The Morgan fingerprint density at radius 2 is 1.79 bits per heavy atom. The fraction of sp³-hybridized carbons (Fsp3) is 0.571. The summed E-state index contributed by atoms with van der Waals surface area (Å²) >= 11 is 0. The minimum atomic E-state index is -3.32. The Hall–Kier alpha value is -0.910. The van der Waals surface area contributed by atoms with Crippen molar-refractivity contribution in [2.75, 3.05) is 26.2 Å². The van der Waals surface area contributed by atoms with Crippen molar-refractivity contribution in [3.8, 4) is 0 Å². The van der Waals surface area contributed by atoms with Gasteiger partial charge in [-0.05, 0) is 50.4 Å². The van der Waals surface area contributed by atoms with E-state index >= 15 is 0 Å². The van der Waals surface area contributed by atoms with E-state index in [-0.39, 0.29) is 0 Å². The van der Waals surface area contributed by atoms with Gasteiger partial charge in [-0.25, -0.2) is 8.42 Å². The maximum atomic E-state index is 12.7. The zero-order valence-corrected chi connectivity index (χ0v) is 12.2. The van der Waals surface area contributed by atoms with Crippen LogP contribution in [0.15, 0.2) is 23.1 Å². The normalized spacial score (nSPS) is 27.7. The number of hydrogen-bond donors (Lipinski definition) is 1. The van der Waals surface area contributed by atoms with Crippen LogP contribution in [0.4, 0.5) is 0 Å². The van der Waals surface area contributed by atoms with Gasteiger partial charge in [0.25, 0.3) is 0 Å². The molecule has 0 spiro atoms. The van der Waals surface area contributed by atoms with E-state index in [0.29, 0.717) is 29.8 Å². The van der Waals surface area contributed by atoms with Gasteiger partial charge in [0, 0.05) is 13.1 Å². The van der Waals surface area contributed by atoms with E-state index in [4.69, 9.17) is 0 Å². The summed E-state index contributed by atoms with van der Waals surface area (Å²) in [7, 11) is -3.32. The highest BCUT2D eigenvalue weighted by molar-refractivity contribution is 7.89. The maximum absolute atomic E-state index is 12.7. The molecule has 2 aliphatic rings. The van der Waals surface area contributed by atoms with Crippen molar-refractivity contribution < 1.29 is 8.42 Å². The molecule has 1 aromatic carbocycles. The van der Waals surface area contributed by atoms with Crippen molar-refractivity contribution in [2.45, 2.75) is 18.7 Å². The van der Waals surface area contributed by atoms with Gasteiger partial charge in [0.1, 0.15) is 0 Å². The van der Waals surface area contributed by atoms with Crippen molar-refractivity contribution in [1.29, 1.82) is 0 Å². The second kappa shape index (κ2) is 4.58. The van der Waals surface area contributed by atoms with Crippen LogP contribution >= 0.6 is 0 Å². The van der Waals surface area contributed by atoms with Crippen molar-refractivity contribution >= 4 is 10.0 Å². The largest absolute Gasteiger partial charge is 0.316 e. The number of fused-ring (bicyclic) bond motifs is 1. The highest BCUT2D eigenvalue weighted by Gasteiger charge is 2.41. The lowest BCUT2D eigenvalue weighted by Crippen LogP contribution is -2.32. The van der Waals surface area contributed by atoms with Gasteiger partial charge in [-0.15, -0.1) is 0 Å². The van der Waals surface area contributed by atoms with Crippen LogP contribution in [0.2, 0.25) is 0 Å². The lowest BCUT2D eigenvalue weighted by atomic mass is 10.0. The van der Waals surface area contributed by atoms with Crippen LogP contribution < -0.4 is 5.32 Å². The first-order valence-corrected chi connectivity index (χ1v) is 8.20. The van der Waals surface area contributed by atoms with E-state index in [9.17, 15) is 8.42 Å². The number of sulfonamides is 1. The molecule has 0 saturated carbocycles. The summed E-state index contributed by atoms with van der Waals surface area (Å²) in [6, 6.07) is 5.55. The Morgan fingerprint density at radius 1 is 1.16 bits per heavy atom. The zero-order valence-electron chi connectivity index (χ0n) is 11.4. The quantitative estimate of drug-likeness (QED) is 0.884. The molecule has 1 aromatic rings. The van der Waals surface area contributed by atoms with Gasteiger partial charge in [-0.1, -0.05) is 17.7 Å². The monoisotopic (exact) mass is 280 g/mol. The van der Waals surface area contributed by atoms with Crippen molar-refractivity contribution in [2.24, 2.45) is 11.8 Å². The molecule has 0 amide bonds. The van der Waals surface area contributed by atoms with Gasteiger partial charge in [0.05, 0.1) is 4.90 Å². The summed E-state index contributed by atoms with van der Waals surface area (Å²) in [6.07, 6.45) is 0. The first-order chi connectivity index (χ1) is 8.98. The molecule has 3 rings (SSSR count). The van der Waals surface area contributed by atoms with Gasteiger partial charge in [0.15, 0.2) is 0 Å². The molecule has 0 bridgehead atoms. The zero-order chi connectivity index (χ0) is 13.6. The van der Waals surface area contributed by atoms with Gasteiger partial charge >= 0.3 is 0 Å². The summed E-state index contributed by atoms with van der Waals surface area (Å²) < 4.78 is 27.1. The Morgan fingerprint density at radius 3 is 2.37 bits per heavy atom. The average Bonchev–Trinajstić information content (AvgIpc) is 2.87. The molecule has 0 unspecified atom stereocenters. The third kappa shape index (κ3) is 2.20. The average molecular weight is 280 g/mol. The summed E-state index contributed by atoms with van der Waals surface area (Å²) in [5.74, 6) is 0.973. The molecule has 104 valence electrons. The predicted octanol–water partition coefficient (Wildman–Crippen LogP) is 1.14. The highest BCUT2D eigenvalue weighted by Crippen LogP contribution is 2.31. The van der Waals surface area contributed by atoms with Crippen LogP contribution in [0.1, 0.15) is 11.1 Å². The molecule has 0 aromatic heterocycles. The Kier molecular flexibility index (Phi) is 3.15. The number of nitrogens with zero attached hydrogens (tertiary/aromatic N) is 1. The Bertz CT molecular complexity index is 585. The van der Waals surface area contributed by atoms with Crippen LogP contribution in [0, 0.1) is 25.7 Å². The summed E-state index contributed by atoms with van der Waals surface area (Å²) in [4.78, 5) is 0.464. The molecule has 4 nitrogen and oxygen atoms in total. The minimum absolute atomic E-state index is 0.464. The number of aryl methyl sites for hydroxylation is 2. The minimum Gasteiger partial charge on any atom is -0.316 e. The lowest BCUT2D eigenvalue weighted by molar-refractivity contribution is 0.447. The predicted molar refractivity (Wildman–Crippen MR) is 74.5 cm³/mol. The number of nitrogens with one attached hydrogen (secondary N) is 1. The van der Waals surface area contributed by atoms with Gasteiger partial charge in [0.2, 0.25) is 10.0 Å². The van der Waals surface area contributed by atoms with Crippen molar-refractivity contribution in [3.63, 3.8) is 0 Å². The molecule has 19 heavy (non-hydrogen) atoms. The Labute approximate surface area is 114 Å². The maximum Gasteiger partial charge on any atom is 0.243 e. The molecule has 2 saturated heterocycles. The molecule has 5 heteroatoms. The third-order valence-electron chi connectivity index (χ3n) is 4.30. The van der Waals surface area contributed by atoms with Crippen LogP contribution in [0.3, 0.4) is 0 Å². The molecule has 2 heterocycles. The molecule has 0 aliphatic carbocycles. The van der Waals surface area contributed by atoms with Crippen LogP contribution in [-0.4, -0.2) is 38.9 Å². The molecule has 2 aliphatic heterocycles. The number of benzene rings is 1. The summed E-state index contributed by atoms with van der Waals surface area (Å²) in [5.41, 5.74) is 1.94. The van der Waals surface area contributed by atoms with Gasteiger partial charge in [-0.3, -0.25) is 0 Å². The van der Waals surface area contributed by atoms with E-state index in [0.717, 1.165) is 24.2 Å². The topological polar surface area (TPSA) is 49.4 Å². The van der Waals surface area contributed by atoms with Gasteiger partial charge in [-0.2, -0.15) is 4.31 Å². The fourth-order valence-electron chi connectivity index (χ4n) is 3.24. The molecule has 2 atom stereocenters. The SMILES string of the molecule is Cc1ccc(S(=O)(=O)N2C[C@H]3CNC[C@H]3C2)c(C)c1. The van der Waals surface area contributed by atoms with Crippen LogP contribution in [-0.2, 0) is 10.0 Å². The smallest absolute Gasteiger partial charge is 0.243 e. The van der Waals surface area contributed by atoms with Crippen LogP contribution in [0.25, 0.3) is 0 Å². The van der Waals surface area contributed by atoms with E-state index in [1.54, 1.807) is 10.4 Å². The molecule has 1 N–H and O–H groups in total. The van der Waals surface area contributed by atoms with E-state index in [2.05, 4.69) is 5.32 Å².